The third kappa shape index (κ3) is 3.48. The highest BCUT2D eigenvalue weighted by Gasteiger charge is 2.35. The standard InChI is InChI=1S/C20H25N3O3S/c1-14-15(2)21-22-20(14)18-8-9-19(26-18)27(24,25)23-12-10-17(11-13-23)16-6-4-3-5-7-16/h3-10,14-15,20-22H,11-13H2,1-2H3. The van der Waals surface area contributed by atoms with Crippen molar-refractivity contribution in [2.75, 3.05) is 13.1 Å². The number of nitrogens with zero attached hydrogens (tertiary/aromatic N) is 1. The van der Waals surface area contributed by atoms with Gasteiger partial charge in [0.05, 0.1) is 6.04 Å². The van der Waals surface area contributed by atoms with E-state index in [-0.39, 0.29) is 11.1 Å². The largest absolute Gasteiger partial charge is 0.447 e. The topological polar surface area (TPSA) is 74.6 Å². The molecule has 7 heteroatoms. The molecular weight excluding hydrogens is 362 g/mol. The van der Waals surface area contributed by atoms with Gasteiger partial charge in [-0.15, -0.1) is 0 Å². The fourth-order valence-corrected chi connectivity index (χ4v) is 4.95. The van der Waals surface area contributed by atoms with Crippen LogP contribution in [0.3, 0.4) is 0 Å². The van der Waals surface area contributed by atoms with Crippen LogP contribution in [0.2, 0.25) is 0 Å². The Balaban J connectivity index is 1.51. The molecule has 6 nitrogen and oxygen atoms in total. The van der Waals surface area contributed by atoms with Crippen LogP contribution in [0.5, 0.6) is 0 Å². The Bertz CT molecular complexity index is 936. The quantitative estimate of drug-likeness (QED) is 0.844. The van der Waals surface area contributed by atoms with Crippen molar-refractivity contribution in [3.05, 3.63) is 59.9 Å². The molecule has 0 bridgehead atoms. The van der Waals surface area contributed by atoms with Gasteiger partial charge in [0.25, 0.3) is 10.0 Å². The van der Waals surface area contributed by atoms with Gasteiger partial charge in [-0.1, -0.05) is 43.3 Å². The van der Waals surface area contributed by atoms with E-state index in [0.717, 1.165) is 5.56 Å². The molecule has 2 aromatic rings. The summed E-state index contributed by atoms with van der Waals surface area (Å²) in [4.78, 5) is 0. The molecule has 2 aliphatic heterocycles. The highest BCUT2D eigenvalue weighted by atomic mass is 32.2. The second-order valence-electron chi connectivity index (χ2n) is 7.28. The van der Waals surface area contributed by atoms with Crippen molar-refractivity contribution in [3.63, 3.8) is 0 Å². The number of sulfonamides is 1. The average molecular weight is 388 g/mol. The summed E-state index contributed by atoms with van der Waals surface area (Å²) in [6.07, 6.45) is 2.69. The normalized spacial score (nSPS) is 26.9. The summed E-state index contributed by atoms with van der Waals surface area (Å²) in [6, 6.07) is 13.7. The first-order valence-electron chi connectivity index (χ1n) is 9.32. The lowest BCUT2D eigenvalue weighted by Gasteiger charge is -2.25. The van der Waals surface area contributed by atoms with Gasteiger partial charge < -0.3 is 4.42 Å². The highest BCUT2D eigenvalue weighted by Crippen LogP contribution is 2.32. The molecule has 1 fully saturated rings. The van der Waals surface area contributed by atoms with E-state index in [9.17, 15) is 8.42 Å². The smallest absolute Gasteiger partial charge is 0.276 e. The van der Waals surface area contributed by atoms with Gasteiger partial charge in [-0.05, 0) is 42.5 Å². The lowest BCUT2D eigenvalue weighted by atomic mass is 9.96. The van der Waals surface area contributed by atoms with Crippen molar-refractivity contribution < 1.29 is 12.8 Å². The molecule has 0 aliphatic carbocycles. The van der Waals surface area contributed by atoms with Crippen molar-refractivity contribution in [2.45, 2.75) is 37.4 Å². The third-order valence-electron chi connectivity index (χ3n) is 5.60. The van der Waals surface area contributed by atoms with Crippen LogP contribution in [0.25, 0.3) is 5.57 Å². The average Bonchev–Trinajstić information content (AvgIpc) is 3.31. The molecule has 1 aromatic heterocycles. The SMILES string of the molecule is CC1NNC(c2ccc(S(=O)(=O)N3CC=C(c4ccccc4)CC3)o2)C1C. The van der Waals surface area contributed by atoms with E-state index < -0.39 is 10.0 Å². The maximum Gasteiger partial charge on any atom is 0.276 e. The number of furan rings is 1. The predicted octanol–water partition coefficient (Wildman–Crippen LogP) is 2.93. The van der Waals surface area contributed by atoms with Gasteiger partial charge in [0.1, 0.15) is 5.76 Å². The predicted molar refractivity (Wildman–Crippen MR) is 104 cm³/mol. The van der Waals surface area contributed by atoms with E-state index in [0.29, 0.717) is 37.2 Å². The summed E-state index contributed by atoms with van der Waals surface area (Å²) in [6.45, 7) is 5.01. The van der Waals surface area contributed by atoms with E-state index in [4.69, 9.17) is 4.42 Å². The Morgan fingerprint density at radius 1 is 1.07 bits per heavy atom. The number of benzene rings is 1. The molecule has 4 rings (SSSR count). The summed E-state index contributed by atoms with van der Waals surface area (Å²) >= 11 is 0. The Hall–Kier alpha value is -1.93. The molecule has 0 spiro atoms. The fourth-order valence-electron chi connectivity index (χ4n) is 3.65. The monoisotopic (exact) mass is 387 g/mol. The van der Waals surface area contributed by atoms with E-state index in [1.165, 1.54) is 9.88 Å². The number of hydrazine groups is 1. The van der Waals surface area contributed by atoms with Crippen molar-refractivity contribution >= 4 is 15.6 Å². The number of hydrogen-bond acceptors (Lipinski definition) is 5. The molecule has 3 unspecified atom stereocenters. The number of rotatable bonds is 4. The third-order valence-corrected chi connectivity index (χ3v) is 7.34. The van der Waals surface area contributed by atoms with Gasteiger partial charge in [0.15, 0.2) is 0 Å². The van der Waals surface area contributed by atoms with Crippen LogP contribution >= 0.6 is 0 Å². The zero-order valence-corrected chi connectivity index (χ0v) is 16.4. The maximum atomic E-state index is 13.0. The lowest BCUT2D eigenvalue weighted by molar-refractivity contribution is 0.332. The first-order valence-corrected chi connectivity index (χ1v) is 10.8. The molecule has 2 N–H and O–H groups in total. The van der Waals surface area contributed by atoms with Crippen LogP contribution in [0.1, 0.15) is 37.6 Å². The number of nitrogens with one attached hydrogen (secondary N) is 2. The van der Waals surface area contributed by atoms with Crippen molar-refractivity contribution in [3.8, 4) is 0 Å². The van der Waals surface area contributed by atoms with Gasteiger partial charge in [-0.3, -0.25) is 5.43 Å². The van der Waals surface area contributed by atoms with Crippen LogP contribution in [-0.2, 0) is 10.0 Å². The van der Waals surface area contributed by atoms with Gasteiger partial charge in [0.2, 0.25) is 5.09 Å². The molecule has 0 saturated carbocycles. The minimum atomic E-state index is -3.63. The first kappa shape index (κ1) is 18.4. The summed E-state index contributed by atoms with van der Waals surface area (Å²) < 4.78 is 33.2. The van der Waals surface area contributed by atoms with E-state index in [2.05, 4.69) is 36.8 Å². The van der Waals surface area contributed by atoms with Gasteiger partial charge in [0, 0.05) is 19.1 Å². The van der Waals surface area contributed by atoms with Crippen molar-refractivity contribution in [1.82, 2.24) is 15.2 Å². The van der Waals surface area contributed by atoms with Crippen molar-refractivity contribution in [2.24, 2.45) is 5.92 Å². The van der Waals surface area contributed by atoms with Gasteiger partial charge in [-0.25, -0.2) is 13.8 Å². The van der Waals surface area contributed by atoms with E-state index >= 15 is 0 Å². The Morgan fingerprint density at radius 2 is 1.85 bits per heavy atom. The van der Waals surface area contributed by atoms with Crippen LogP contribution in [-0.4, -0.2) is 31.9 Å². The second-order valence-corrected chi connectivity index (χ2v) is 9.15. The van der Waals surface area contributed by atoms with Crippen LogP contribution < -0.4 is 10.9 Å². The van der Waals surface area contributed by atoms with Gasteiger partial charge in [-0.2, -0.15) is 4.31 Å². The molecule has 3 heterocycles. The minimum absolute atomic E-state index is 0.0163. The molecule has 1 saturated heterocycles. The minimum Gasteiger partial charge on any atom is -0.447 e. The Labute approximate surface area is 160 Å². The second kappa shape index (κ2) is 7.24. The van der Waals surface area contributed by atoms with E-state index in [1.54, 1.807) is 12.1 Å². The zero-order valence-electron chi connectivity index (χ0n) is 15.6. The highest BCUT2D eigenvalue weighted by molar-refractivity contribution is 7.89. The molecule has 1 aromatic carbocycles. The molecular formula is C20H25N3O3S. The lowest BCUT2D eigenvalue weighted by Crippen LogP contribution is -2.34. The van der Waals surface area contributed by atoms with Crippen LogP contribution in [0.15, 0.2) is 58.1 Å². The summed E-state index contributed by atoms with van der Waals surface area (Å²) in [5.41, 5.74) is 8.69. The molecule has 3 atom stereocenters. The zero-order chi connectivity index (χ0) is 19.0. The van der Waals surface area contributed by atoms with Gasteiger partial charge >= 0.3 is 0 Å². The fraction of sp³-hybridized carbons (Fsp3) is 0.400. The maximum absolute atomic E-state index is 13.0. The molecule has 2 aliphatic rings. The summed E-state index contributed by atoms with van der Waals surface area (Å²) in [5.74, 6) is 0.952. The summed E-state index contributed by atoms with van der Waals surface area (Å²) in [7, 11) is -3.63. The summed E-state index contributed by atoms with van der Waals surface area (Å²) in [5, 5.41) is 0.0163. The van der Waals surface area contributed by atoms with E-state index in [1.807, 2.05) is 24.3 Å². The van der Waals surface area contributed by atoms with Crippen LogP contribution in [0.4, 0.5) is 0 Å². The first-order chi connectivity index (χ1) is 13.0. The number of hydrogen-bond donors (Lipinski definition) is 2. The molecule has 27 heavy (non-hydrogen) atoms. The van der Waals surface area contributed by atoms with Crippen LogP contribution in [0, 0.1) is 5.92 Å². The van der Waals surface area contributed by atoms with Crippen molar-refractivity contribution in [1.29, 1.82) is 0 Å². The molecule has 144 valence electrons. The Morgan fingerprint density at radius 3 is 2.48 bits per heavy atom. The Kier molecular flexibility index (Phi) is 4.94. The molecule has 0 radical (unpaired) electrons. The molecule has 0 amide bonds.